The van der Waals surface area contributed by atoms with E-state index in [1.54, 1.807) is 12.1 Å². The monoisotopic (exact) mass is 556 g/mol. The Morgan fingerprint density at radius 3 is 2.34 bits per heavy atom. The number of nitrogens with zero attached hydrogens (tertiary/aromatic N) is 2. The zero-order chi connectivity index (χ0) is 29.7. The van der Waals surface area contributed by atoms with Gasteiger partial charge in [-0.3, -0.25) is 14.0 Å². The first-order valence-electron chi connectivity index (χ1n) is 13.8. The number of aryl methyl sites for hydroxylation is 2. The fourth-order valence-electron chi connectivity index (χ4n) is 4.64. The Kier molecular flexibility index (Phi) is 8.91. The molecule has 8 heteroatoms. The smallest absolute Gasteiger partial charge is 0.339 e. The molecule has 8 nitrogen and oxygen atoms in total. The number of aromatic nitrogens is 2. The van der Waals surface area contributed by atoms with Crippen LogP contribution in [0.15, 0.2) is 66.9 Å². The van der Waals surface area contributed by atoms with Crippen LogP contribution >= 0.6 is 0 Å². The molecule has 1 N–H and O–H groups in total. The maximum Gasteiger partial charge on any atom is 0.339 e. The zero-order valence-electron chi connectivity index (χ0n) is 24.1. The molecule has 41 heavy (non-hydrogen) atoms. The third kappa shape index (κ3) is 7.20. The van der Waals surface area contributed by atoms with Crippen LogP contribution in [0.3, 0.4) is 0 Å². The minimum Gasteiger partial charge on any atom is -0.481 e. The standard InChI is InChI=1S/C33H36N2O6/c1-6-9-24-20-35-27(17-12-21(2)31(35)34-24)30(40-29(38)19-18-28(36)37)23-15-13-22(14-16-23)25-10-7-8-11-26(25)32(39)41-33(3,4)5/h7-8,10-17,20,30H,6,9,18-19H2,1-5H3,(H,36,37). The molecular weight excluding hydrogens is 520 g/mol. The number of ether oxygens (including phenoxy) is 2. The minimum absolute atomic E-state index is 0.243. The van der Waals surface area contributed by atoms with Gasteiger partial charge in [-0.2, -0.15) is 0 Å². The summed E-state index contributed by atoms with van der Waals surface area (Å²) in [6.07, 6.45) is 2.35. The molecule has 1 atom stereocenters. The minimum atomic E-state index is -1.07. The first-order valence-corrected chi connectivity index (χ1v) is 13.8. The fourth-order valence-corrected chi connectivity index (χ4v) is 4.64. The van der Waals surface area contributed by atoms with E-state index in [-0.39, 0.29) is 12.8 Å². The van der Waals surface area contributed by atoms with Crippen molar-refractivity contribution < 1.29 is 29.0 Å². The van der Waals surface area contributed by atoms with E-state index in [4.69, 9.17) is 19.6 Å². The van der Waals surface area contributed by atoms with Gasteiger partial charge in [0.25, 0.3) is 0 Å². The summed E-state index contributed by atoms with van der Waals surface area (Å²) in [6, 6.07) is 18.6. The van der Waals surface area contributed by atoms with Gasteiger partial charge in [0, 0.05) is 6.20 Å². The third-order valence-electron chi connectivity index (χ3n) is 6.53. The number of hydrogen-bond acceptors (Lipinski definition) is 6. The molecule has 0 aliphatic rings. The van der Waals surface area contributed by atoms with Crippen LogP contribution in [0, 0.1) is 6.92 Å². The van der Waals surface area contributed by atoms with Crippen molar-refractivity contribution in [3.63, 3.8) is 0 Å². The van der Waals surface area contributed by atoms with Crippen molar-refractivity contribution in [1.29, 1.82) is 0 Å². The lowest BCUT2D eigenvalue weighted by Crippen LogP contribution is -2.24. The zero-order valence-corrected chi connectivity index (χ0v) is 24.1. The summed E-state index contributed by atoms with van der Waals surface area (Å²) in [5.41, 5.74) is 5.45. The molecule has 2 aromatic carbocycles. The topological polar surface area (TPSA) is 107 Å². The lowest BCUT2D eigenvalue weighted by atomic mass is 9.96. The highest BCUT2D eigenvalue weighted by atomic mass is 16.6. The van der Waals surface area contributed by atoms with Crippen LogP contribution in [0.1, 0.15) is 85.9 Å². The number of carboxylic acid groups (broad SMARTS) is 1. The molecule has 0 aliphatic carbocycles. The molecule has 0 saturated carbocycles. The number of benzene rings is 2. The quantitative estimate of drug-likeness (QED) is 0.216. The number of aliphatic carboxylic acids is 1. The Morgan fingerprint density at radius 1 is 0.976 bits per heavy atom. The number of carbonyl (C=O) groups excluding carboxylic acids is 2. The average molecular weight is 557 g/mol. The Morgan fingerprint density at radius 2 is 1.68 bits per heavy atom. The molecule has 0 amide bonds. The van der Waals surface area contributed by atoms with Crippen molar-refractivity contribution in [2.75, 3.05) is 0 Å². The van der Waals surface area contributed by atoms with Gasteiger partial charge in [0.15, 0.2) is 6.10 Å². The highest BCUT2D eigenvalue weighted by molar-refractivity contribution is 5.97. The van der Waals surface area contributed by atoms with E-state index in [9.17, 15) is 14.4 Å². The Balaban J connectivity index is 1.75. The molecule has 0 fully saturated rings. The number of rotatable bonds is 10. The maximum atomic E-state index is 12.9. The molecule has 4 rings (SSSR count). The summed E-state index contributed by atoms with van der Waals surface area (Å²) in [4.78, 5) is 41.6. The van der Waals surface area contributed by atoms with Crippen molar-refractivity contribution in [3.8, 4) is 11.1 Å². The second-order valence-corrected chi connectivity index (χ2v) is 11.1. The summed E-state index contributed by atoms with van der Waals surface area (Å²) in [6.45, 7) is 9.55. The lowest BCUT2D eigenvalue weighted by molar-refractivity contribution is -0.150. The number of carbonyl (C=O) groups is 3. The number of carboxylic acids is 1. The van der Waals surface area contributed by atoms with Gasteiger partial charge >= 0.3 is 17.9 Å². The molecule has 2 heterocycles. The number of pyridine rings is 1. The van der Waals surface area contributed by atoms with Crippen molar-refractivity contribution in [3.05, 3.63) is 94.9 Å². The normalized spacial score (nSPS) is 12.2. The van der Waals surface area contributed by atoms with Crippen molar-refractivity contribution >= 4 is 23.6 Å². The van der Waals surface area contributed by atoms with Gasteiger partial charge in [0.1, 0.15) is 11.2 Å². The molecular formula is C33H36N2O6. The summed E-state index contributed by atoms with van der Waals surface area (Å²) >= 11 is 0. The summed E-state index contributed by atoms with van der Waals surface area (Å²) in [5.74, 6) is -2.09. The van der Waals surface area contributed by atoms with Crippen molar-refractivity contribution in [2.45, 2.75) is 72.0 Å². The van der Waals surface area contributed by atoms with Crippen LogP contribution in [0.25, 0.3) is 16.8 Å². The molecule has 4 aromatic rings. The van der Waals surface area contributed by atoms with Crippen molar-refractivity contribution in [2.24, 2.45) is 0 Å². The van der Waals surface area contributed by atoms with Crippen LogP contribution in [0.4, 0.5) is 0 Å². The first-order chi connectivity index (χ1) is 19.5. The maximum absolute atomic E-state index is 12.9. The lowest BCUT2D eigenvalue weighted by Gasteiger charge is -2.22. The second-order valence-electron chi connectivity index (χ2n) is 11.1. The van der Waals surface area contributed by atoms with Gasteiger partial charge < -0.3 is 14.6 Å². The van der Waals surface area contributed by atoms with E-state index in [1.807, 2.05) is 86.8 Å². The van der Waals surface area contributed by atoms with Crippen LogP contribution in [-0.2, 0) is 25.5 Å². The van der Waals surface area contributed by atoms with Crippen LogP contribution in [0.2, 0.25) is 0 Å². The molecule has 0 aliphatic heterocycles. The van der Waals surface area contributed by atoms with E-state index in [1.165, 1.54) is 0 Å². The number of fused-ring (bicyclic) bond motifs is 1. The van der Waals surface area contributed by atoms with Crippen LogP contribution in [0.5, 0.6) is 0 Å². The molecule has 0 bridgehead atoms. The van der Waals surface area contributed by atoms with E-state index >= 15 is 0 Å². The highest BCUT2D eigenvalue weighted by Crippen LogP contribution is 2.32. The van der Waals surface area contributed by atoms with Gasteiger partial charge in [-0.05, 0) is 68.5 Å². The number of imidazole rings is 1. The molecule has 0 radical (unpaired) electrons. The Hall–Kier alpha value is -4.46. The Labute approximate surface area is 239 Å². The van der Waals surface area contributed by atoms with Gasteiger partial charge in [-0.1, -0.05) is 61.9 Å². The largest absolute Gasteiger partial charge is 0.481 e. The third-order valence-corrected chi connectivity index (χ3v) is 6.53. The molecule has 214 valence electrons. The van der Waals surface area contributed by atoms with Crippen LogP contribution < -0.4 is 0 Å². The molecule has 0 spiro atoms. The van der Waals surface area contributed by atoms with Gasteiger partial charge in [0.2, 0.25) is 0 Å². The number of hydrogen-bond donors (Lipinski definition) is 1. The van der Waals surface area contributed by atoms with Crippen LogP contribution in [-0.4, -0.2) is 38.0 Å². The number of esters is 2. The second kappa shape index (κ2) is 12.4. The van der Waals surface area contributed by atoms with E-state index in [0.29, 0.717) is 16.8 Å². The summed E-state index contributed by atoms with van der Waals surface area (Å²) in [5, 5.41) is 9.07. The summed E-state index contributed by atoms with van der Waals surface area (Å²) < 4.78 is 13.5. The predicted octanol–water partition coefficient (Wildman–Crippen LogP) is 6.71. The van der Waals surface area contributed by atoms with E-state index < -0.39 is 29.6 Å². The van der Waals surface area contributed by atoms with Gasteiger partial charge in [-0.15, -0.1) is 0 Å². The molecule has 0 saturated heterocycles. The molecule has 1 unspecified atom stereocenters. The predicted molar refractivity (Wildman–Crippen MR) is 156 cm³/mol. The SMILES string of the molecule is CCCc1cn2c(C(OC(=O)CCC(=O)O)c3ccc(-c4ccccc4C(=O)OC(C)(C)C)cc3)ccc(C)c2n1. The average Bonchev–Trinajstić information content (AvgIpc) is 3.35. The van der Waals surface area contributed by atoms with Crippen molar-refractivity contribution in [1.82, 2.24) is 9.38 Å². The van der Waals surface area contributed by atoms with Gasteiger partial charge in [0.05, 0.1) is 29.8 Å². The first kappa shape index (κ1) is 29.5. The van der Waals surface area contributed by atoms with E-state index in [2.05, 4.69) is 6.92 Å². The summed E-state index contributed by atoms with van der Waals surface area (Å²) in [7, 11) is 0. The van der Waals surface area contributed by atoms with E-state index in [0.717, 1.165) is 40.9 Å². The molecule has 2 aromatic heterocycles. The highest BCUT2D eigenvalue weighted by Gasteiger charge is 2.25. The Bertz CT molecular complexity index is 1560. The fraction of sp³-hybridized carbons (Fsp3) is 0.333. The van der Waals surface area contributed by atoms with Gasteiger partial charge in [-0.25, -0.2) is 9.78 Å².